The van der Waals surface area contributed by atoms with Gasteiger partial charge >= 0.3 is 0 Å². The fraction of sp³-hybridized carbons (Fsp3) is 0.250. The van der Waals surface area contributed by atoms with Gasteiger partial charge in [0.1, 0.15) is 11.5 Å². The lowest BCUT2D eigenvalue weighted by molar-refractivity contribution is 0.251. The van der Waals surface area contributed by atoms with Crippen molar-refractivity contribution in [3.8, 4) is 11.5 Å². The first kappa shape index (κ1) is 12.5. The van der Waals surface area contributed by atoms with Crippen molar-refractivity contribution in [3.63, 3.8) is 0 Å². The van der Waals surface area contributed by atoms with Crippen LogP contribution in [0.15, 0.2) is 42.5 Å². The molecule has 0 saturated carbocycles. The van der Waals surface area contributed by atoms with E-state index < -0.39 is 0 Å². The Labute approximate surface area is 117 Å². The SMILES string of the molecule is C[C@@H]1c2ccccc2Oc2ccc(Cl)cc2[C@H]1CO. The molecular weight excluding hydrogens is 260 g/mol. The fourth-order valence-electron chi connectivity index (χ4n) is 2.71. The molecule has 2 atom stereocenters. The van der Waals surface area contributed by atoms with E-state index in [4.69, 9.17) is 16.3 Å². The van der Waals surface area contributed by atoms with Crippen molar-refractivity contribution < 1.29 is 9.84 Å². The lowest BCUT2D eigenvalue weighted by Crippen LogP contribution is -2.11. The number of hydrogen-bond donors (Lipinski definition) is 1. The van der Waals surface area contributed by atoms with Crippen LogP contribution in [0.3, 0.4) is 0 Å². The number of benzene rings is 2. The summed E-state index contributed by atoms with van der Waals surface area (Å²) in [6, 6.07) is 13.5. The van der Waals surface area contributed by atoms with E-state index in [1.807, 2.05) is 36.4 Å². The highest BCUT2D eigenvalue weighted by Gasteiger charge is 2.29. The number of fused-ring (bicyclic) bond motifs is 2. The van der Waals surface area contributed by atoms with Gasteiger partial charge in [0, 0.05) is 16.5 Å². The van der Waals surface area contributed by atoms with Gasteiger partial charge in [-0.2, -0.15) is 0 Å². The van der Waals surface area contributed by atoms with Crippen molar-refractivity contribution in [1.29, 1.82) is 0 Å². The van der Waals surface area contributed by atoms with E-state index in [1.165, 1.54) is 0 Å². The van der Waals surface area contributed by atoms with Gasteiger partial charge in [0.2, 0.25) is 0 Å². The minimum Gasteiger partial charge on any atom is -0.457 e. The number of rotatable bonds is 1. The predicted octanol–water partition coefficient (Wildman–Crippen LogP) is 4.33. The zero-order valence-corrected chi connectivity index (χ0v) is 11.4. The number of para-hydroxylation sites is 1. The maximum absolute atomic E-state index is 9.75. The monoisotopic (exact) mass is 274 g/mol. The Morgan fingerprint density at radius 1 is 1.11 bits per heavy atom. The molecule has 0 saturated heterocycles. The number of aliphatic hydroxyl groups is 1. The summed E-state index contributed by atoms with van der Waals surface area (Å²) in [5.74, 6) is 1.81. The quantitative estimate of drug-likeness (QED) is 0.839. The topological polar surface area (TPSA) is 29.5 Å². The number of halogens is 1. The highest BCUT2D eigenvalue weighted by molar-refractivity contribution is 6.30. The first-order chi connectivity index (χ1) is 9.20. The first-order valence-corrected chi connectivity index (χ1v) is 6.75. The second-order valence-electron chi connectivity index (χ2n) is 4.90. The van der Waals surface area contributed by atoms with E-state index in [-0.39, 0.29) is 18.4 Å². The van der Waals surface area contributed by atoms with Gasteiger partial charge in [0.05, 0.1) is 6.61 Å². The van der Waals surface area contributed by atoms with Crippen LogP contribution >= 0.6 is 11.6 Å². The van der Waals surface area contributed by atoms with Crippen molar-refractivity contribution >= 4 is 11.6 Å². The van der Waals surface area contributed by atoms with Crippen LogP contribution in [0, 0.1) is 0 Å². The minimum atomic E-state index is -0.00245. The Kier molecular flexibility index (Phi) is 3.21. The van der Waals surface area contributed by atoms with Crippen molar-refractivity contribution in [2.24, 2.45) is 0 Å². The lowest BCUT2D eigenvalue weighted by Gasteiger charge is -2.21. The molecule has 0 aromatic heterocycles. The Morgan fingerprint density at radius 3 is 2.63 bits per heavy atom. The third-order valence-corrected chi connectivity index (χ3v) is 4.04. The molecule has 3 rings (SSSR count). The molecule has 0 amide bonds. The van der Waals surface area contributed by atoms with Gasteiger partial charge in [-0.25, -0.2) is 0 Å². The molecule has 98 valence electrons. The molecule has 0 aliphatic carbocycles. The summed E-state index contributed by atoms with van der Waals surface area (Å²) >= 11 is 6.07. The standard InChI is InChI=1S/C16H15ClO2/c1-10-12-4-2-3-5-15(12)19-16-7-6-11(17)8-13(16)14(10)9-18/h2-8,10,14,18H,9H2,1H3/t10-,14+/m1/s1. The van der Waals surface area contributed by atoms with Crippen LogP contribution in [0.1, 0.15) is 29.9 Å². The van der Waals surface area contributed by atoms with Crippen LogP contribution < -0.4 is 4.74 Å². The Balaban J connectivity index is 2.20. The summed E-state index contributed by atoms with van der Waals surface area (Å²) in [4.78, 5) is 0. The molecule has 2 aromatic carbocycles. The summed E-state index contributed by atoms with van der Waals surface area (Å²) in [6.07, 6.45) is 0. The molecule has 2 aromatic rings. The second kappa shape index (κ2) is 4.87. The molecule has 1 aliphatic heterocycles. The molecule has 1 N–H and O–H groups in total. The van der Waals surface area contributed by atoms with Gasteiger partial charge in [0.15, 0.2) is 0 Å². The van der Waals surface area contributed by atoms with Crippen LogP contribution in [0.5, 0.6) is 11.5 Å². The van der Waals surface area contributed by atoms with Gasteiger partial charge in [-0.3, -0.25) is 0 Å². The van der Waals surface area contributed by atoms with Crippen molar-refractivity contribution in [2.75, 3.05) is 6.61 Å². The van der Waals surface area contributed by atoms with Gasteiger partial charge in [-0.1, -0.05) is 36.7 Å². The zero-order valence-electron chi connectivity index (χ0n) is 10.6. The van der Waals surface area contributed by atoms with E-state index in [0.29, 0.717) is 5.02 Å². The van der Waals surface area contributed by atoms with Crippen LogP contribution in [0.25, 0.3) is 0 Å². The number of hydrogen-bond acceptors (Lipinski definition) is 2. The fourth-order valence-corrected chi connectivity index (χ4v) is 2.89. The van der Waals surface area contributed by atoms with E-state index in [2.05, 4.69) is 13.0 Å². The molecule has 19 heavy (non-hydrogen) atoms. The Hall–Kier alpha value is -1.51. The smallest absolute Gasteiger partial charge is 0.131 e. The maximum Gasteiger partial charge on any atom is 0.131 e. The average Bonchev–Trinajstić information content (AvgIpc) is 2.53. The van der Waals surface area contributed by atoms with E-state index in [1.54, 1.807) is 0 Å². The largest absolute Gasteiger partial charge is 0.457 e. The maximum atomic E-state index is 9.75. The summed E-state index contributed by atoms with van der Waals surface area (Å²) in [5, 5.41) is 10.4. The summed E-state index contributed by atoms with van der Waals surface area (Å²) in [6.45, 7) is 2.19. The van der Waals surface area contributed by atoms with Gasteiger partial charge in [-0.15, -0.1) is 0 Å². The number of aliphatic hydroxyl groups excluding tert-OH is 1. The van der Waals surface area contributed by atoms with Crippen LogP contribution in [0.4, 0.5) is 0 Å². The molecular formula is C16H15ClO2. The molecule has 1 heterocycles. The van der Waals surface area contributed by atoms with Gasteiger partial charge in [0.25, 0.3) is 0 Å². The van der Waals surface area contributed by atoms with Gasteiger partial charge < -0.3 is 9.84 Å². The molecule has 0 radical (unpaired) electrons. The molecule has 0 fully saturated rings. The molecule has 0 spiro atoms. The van der Waals surface area contributed by atoms with Crippen LogP contribution in [-0.4, -0.2) is 11.7 Å². The normalized spacial score (nSPS) is 21.0. The van der Waals surface area contributed by atoms with E-state index >= 15 is 0 Å². The molecule has 0 bridgehead atoms. The van der Waals surface area contributed by atoms with Gasteiger partial charge in [-0.05, 0) is 35.7 Å². The highest BCUT2D eigenvalue weighted by Crippen LogP contribution is 2.46. The predicted molar refractivity (Wildman–Crippen MR) is 76.2 cm³/mol. The third-order valence-electron chi connectivity index (χ3n) is 3.80. The van der Waals surface area contributed by atoms with E-state index in [0.717, 1.165) is 22.6 Å². The van der Waals surface area contributed by atoms with E-state index in [9.17, 15) is 5.11 Å². The van der Waals surface area contributed by atoms with Crippen molar-refractivity contribution in [1.82, 2.24) is 0 Å². The summed E-state index contributed by atoms with van der Waals surface area (Å²) in [5.41, 5.74) is 2.09. The van der Waals surface area contributed by atoms with Crippen molar-refractivity contribution in [3.05, 3.63) is 58.6 Å². The summed E-state index contributed by atoms with van der Waals surface area (Å²) < 4.78 is 5.99. The first-order valence-electron chi connectivity index (χ1n) is 6.38. The zero-order chi connectivity index (χ0) is 13.4. The molecule has 0 unspecified atom stereocenters. The highest BCUT2D eigenvalue weighted by atomic mass is 35.5. The Bertz CT molecular complexity index is 609. The molecule has 1 aliphatic rings. The molecule has 3 heteroatoms. The van der Waals surface area contributed by atoms with Crippen LogP contribution in [-0.2, 0) is 0 Å². The second-order valence-corrected chi connectivity index (χ2v) is 5.34. The third kappa shape index (κ3) is 2.11. The average molecular weight is 275 g/mol. The summed E-state index contributed by atoms with van der Waals surface area (Å²) in [7, 11) is 0. The lowest BCUT2D eigenvalue weighted by atomic mass is 9.83. The van der Waals surface area contributed by atoms with Crippen molar-refractivity contribution in [2.45, 2.75) is 18.8 Å². The number of ether oxygens (including phenoxy) is 1. The molecule has 2 nitrogen and oxygen atoms in total. The Morgan fingerprint density at radius 2 is 1.84 bits per heavy atom. The minimum absolute atomic E-state index is 0.00245. The van der Waals surface area contributed by atoms with Crippen LogP contribution in [0.2, 0.25) is 5.02 Å².